The monoisotopic (exact) mass is 375 g/mol. The first-order valence-electron chi connectivity index (χ1n) is 7.71. The molecule has 0 aromatic heterocycles. The average molecular weight is 376 g/mol. The molecule has 2 N–H and O–H groups in total. The summed E-state index contributed by atoms with van der Waals surface area (Å²) in [5.74, 6) is -0.265. The van der Waals surface area contributed by atoms with Gasteiger partial charge in [0.15, 0.2) is 0 Å². The van der Waals surface area contributed by atoms with Crippen molar-refractivity contribution in [3.8, 4) is 0 Å². The van der Waals surface area contributed by atoms with Gasteiger partial charge in [0.25, 0.3) is 5.91 Å². The average Bonchev–Trinajstić information content (AvgIpc) is 2.63. The summed E-state index contributed by atoms with van der Waals surface area (Å²) in [6.45, 7) is 0.357. The van der Waals surface area contributed by atoms with Crippen LogP contribution in [0.4, 0.5) is 0 Å². The summed E-state index contributed by atoms with van der Waals surface area (Å²) in [7, 11) is 0. The van der Waals surface area contributed by atoms with Gasteiger partial charge in [-0.25, -0.2) is 5.43 Å². The van der Waals surface area contributed by atoms with Gasteiger partial charge in [-0.05, 0) is 35.4 Å². The molecule has 1 heterocycles. The highest BCUT2D eigenvalue weighted by Gasteiger charge is 2.14. The molecule has 0 atom stereocenters. The molecule has 25 heavy (non-hydrogen) atoms. The van der Waals surface area contributed by atoms with Gasteiger partial charge in [0.2, 0.25) is 5.91 Å². The van der Waals surface area contributed by atoms with E-state index in [2.05, 4.69) is 15.8 Å². The molecule has 0 saturated carbocycles. The second-order valence-electron chi connectivity index (χ2n) is 5.60. The fraction of sp³-hybridized carbons (Fsp3) is 0.167. The van der Waals surface area contributed by atoms with E-state index in [0.717, 1.165) is 16.8 Å². The van der Waals surface area contributed by atoms with E-state index in [1.54, 1.807) is 24.3 Å². The molecule has 1 aliphatic rings. The largest absolute Gasteiger partial charge is 0.348 e. The lowest BCUT2D eigenvalue weighted by molar-refractivity contribution is -0.121. The summed E-state index contributed by atoms with van der Waals surface area (Å²) in [4.78, 5) is 23.4. The second-order valence-corrected chi connectivity index (χ2v) is 6.42. The number of carbonyl (C=O) groups is 2. The van der Waals surface area contributed by atoms with E-state index in [0.29, 0.717) is 35.0 Å². The standard InChI is InChI=1S/C18H15Cl2N3O2/c19-14-6-1-11(9-15(14)20)10-21-18(25)13-4-2-12(3-5-13)16-7-8-17(24)23-22-16/h1-6,9H,7-8,10H2,(H,21,25)(H,23,24). The molecule has 2 aromatic carbocycles. The first-order chi connectivity index (χ1) is 12.0. The van der Waals surface area contributed by atoms with Crippen LogP contribution < -0.4 is 10.7 Å². The zero-order chi connectivity index (χ0) is 17.8. The van der Waals surface area contributed by atoms with Gasteiger partial charge >= 0.3 is 0 Å². The summed E-state index contributed by atoms with van der Waals surface area (Å²) in [5, 5.41) is 7.82. The zero-order valence-corrected chi connectivity index (χ0v) is 14.7. The van der Waals surface area contributed by atoms with Gasteiger partial charge in [0, 0.05) is 24.9 Å². The second kappa shape index (κ2) is 7.68. The Labute approximate surface area is 155 Å². The van der Waals surface area contributed by atoms with Gasteiger partial charge in [0.1, 0.15) is 0 Å². The molecule has 0 bridgehead atoms. The van der Waals surface area contributed by atoms with Crippen LogP contribution in [0.3, 0.4) is 0 Å². The van der Waals surface area contributed by atoms with Crippen molar-refractivity contribution in [2.75, 3.05) is 0 Å². The number of nitrogens with zero attached hydrogens (tertiary/aromatic N) is 1. The molecule has 0 unspecified atom stereocenters. The Kier molecular flexibility index (Phi) is 5.36. The molecular weight excluding hydrogens is 361 g/mol. The van der Waals surface area contributed by atoms with E-state index in [1.807, 2.05) is 18.2 Å². The molecule has 128 valence electrons. The maximum atomic E-state index is 12.2. The van der Waals surface area contributed by atoms with Crippen LogP contribution in [0, 0.1) is 0 Å². The summed E-state index contributed by atoms with van der Waals surface area (Å²) < 4.78 is 0. The first-order valence-corrected chi connectivity index (χ1v) is 8.46. The minimum absolute atomic E-state index is 0.0814. The number of hydrazone groups is 1. The fourth-order valence-corrected chi connectivity index (χ4v) is 2.75. The number of rotatable bonds is 4. The van der Waals surface area contributed by atoms with E-state index in [1.165, 1.54) is 0 Å². The molecule has 0 aliphatic carbocycles. The molecule has 0 fully saturated rings. The van der Waals surface area contributed by atoms with Crippen LogP contribution in [-0.2, 0) is 11.3 Å². The van der Waals surface area contributed by atoms with Crippen molar-refractivity contribution in [2.24, 2.45) is 5.10 Å². The molecular formula is C18H15Cl2N3O2. The van der Waals surface area contributed by atoms with Crippen molar-refractivity contribution in [3.63, 3.8) is 0 Å². The van der Waals surface area contributed by atoms with Crippen LogP contribution in [0.5, 0.6) is 0 Å². The van der Waals surface area contributed by atoms with Crippen LogP contribution in [0.2, 0.25) is 10.0 Å². The first kappa shape index (κ1) is 17.5. The number of amides is 2. The summed E-state index contributed by atoms with van der Waals surface area (Å²) in [5.41, 5.74) is 5.57. The molecule has 0 spiro atoms. The van der Waals surface area contributed by atoms with Crippen molar-refractivity contribution in [1.29, 1.82) is 0 Å². The maximum Gasteiger partial charge on any atom is 0.251 e. The molecule has 7 heteroatoms. The highest BCUT2D eigenvalue weighted by atomic mass is 35.5. The topological polar surface area (TPSA) is 70.6 Å². The minimum Gasteiger partial charge on any atom is -0.348 e. The van der Waals surface area contributed by atoms with Crippen molar-refractivity contribution in [1.82, 2.24) is 10.7 Å². The third-order valence-corrected chi connectivity index (χ3v) is 4.56. The molecule has 0 saturated heterocycles. The predicted molar refractivity (Wildman–Crippen MR) is 98.0 cm³/mol. The summed E-state index contributed by atoms with van der Waals surface area (Å²) in [6, 6.07) is 12.4. The van der Waals surface area contributed by atoms with Gasteiger partial charge in [-0.1, -0.05) is 41.4 Å². The third kappa shape index (κ3) is 4.38. The Balaban J connectivity index is 1.62. The molecule has 2 aromatic rings. The minimum atomic E-state index is -0.184. The van der Waals surface area contributed by atoms with Crippen molar-refractivity contribution < 1.29 is 9.59 Å². The molecule has 3 rings (SSSR count). The fourth-order valence-electron chi connectivity index (χ4n) is 2.43. The van der Waals surface area contributed by atoms with Gasteiger partial charge in [-0.2, -0.15) is 5.10 Å². The third-order valence-electron chi connectivity index (χ3n) is 3.82. The number of nitrogens with one attached hydrogen (secondary N) is 2. The Morgan fingerprint density at radius 1 is 1.08 bits per heavy atom. The summed E-state index contributed by atoms with van der Waals surface area (Å²) in [6.07, 6.45) is 1.01. The maximum absolute atomic E-state index is 12.2. The molecule has 5 nitrogen and oxygen atoms in total. The van der Waals surface area contributed by atoms with Crippen LogP contribution in [-0.4, -0.2) is 17.5 Å². The van der Waals surface area contributed by atoms with Gasteiger partial charge < -0.3 is 5.32 Å². The van der Waals surface area contributed by atoms with Crippen LogP contribution in [0.25, 0.3) is 0 Å². The number of carbonyl (C=O) groups excluding carboxylic acids is 2. The number of halogens is 2. The van der Waals surface area contributed by atoms with Crippen molar-refractivity contribution in [3.05, 3.63) is 69.2 Å². The number of benzene rings is 2. The van der Waals surface area contributed by atoms with Gasteiger partial charge in [0.05, 0.1) is 15.8 Å². The molecule has 2 amide bonds. The van der Waals surface area contributed by atoms with Crippen molar-refractivity contribution in [2.45, 2.75) is 19.4 Å². The Morgan fingerprint density at radius 2 is 1.84 bits per heavy atom. The van der Waals surface area contributed by atoms with E-state index < -0.39 is 0 Å². The Bertz CT molecular complexity index is 848. The lowest BCUT2D eigenvalue weighted by atomic mass is 10.0. The van der Waals surface area contributed by atoms with Crippen LogP contribution in [0.15, 0.2) is 47.6 Å². The Morgan fingerprint density at radius 3 is 2.48 bits per heavy atom. The van der Waals surface area contributed by atoms with E-state index in [9.17, 15) is 9.59 Å². The van der Waals surface area contributed by atoms with E-state index in [4.69, 9.17) is 23.2 Å². The molecule has 1 aliphatic heterocycles. The van der Waals surface area contributed by atoms with E-state index >= 15 is 0 Å². The predicted octanol–water partition coefficient (Wildman–Crippen LogP) is 3.54. The lowest BCUT2D eigenvalue weighted by Crippen LogP contribution is -2.26. The lowest BCUT2D eigenvalue weighted by Gasteiger charge is -2.12. The van der Waals surface area contributed by atoms with E-state index in [-0.39, 0.29) is 11.8 Å². The van der Waals surface area contributed by atoms with Crippen molar-refractivity contribution >= 4 is 40.7 Å². The number of hydrogen-bond acceptors (Lipinski definition) is 3. The molecule has 0 radical (unpaired) electrons. The van der Waals surface area contributed by atoms with Gasteiger partial charge in [-0.3, -0.25) is 9.59 Å². The summed E-state index contributed by atoms with van der Waals surface area (Å²) >= 11 is 11.8. The Hall–Kier alpha value is -2.37. The highest BCUT2D eigenvalue weighted by Crippen LogP contribution is 2.22. The SMILES string of the molecule is O=C1CCC(c2ccc(C(=O)NCc3ccc(Cl)c(Cl)c3)cc2)=NN1. The normalized spacial score (nSPS) is 13.8. The zero-order valence-electron chi connectivity index (χ0n) is 13.2. The number of hydrogen-bond donors (Lipinski definition) is 2. The van der Waals surface area contributed by atoms with Crippen LogP contribution in [0.1, 0.15) is 34.3 Å². The van der Waals surface area contributed by atoms with Crippen LogP contribution >= 0.6 is 23.2 Å². The quantitative estimate of drug-likeness (QED) is 0.857. The highest BCUT2D eigenvalue weighted by molar-refractivity contribution is 6.42. The smallest absolute Gasteiger partial charge is 0.251 e. The van der Waals surface area contributed by atoms with Gasteiger partial charge in [-0.15, -0.1) is 0 Å².